The molecule has 1 aliphatic heterocycles. The van der Waals surface area contributed by atoms with Gasteiger partial charge in [-0.1, -0.05) is 51.9 Å². The van der Waals surface area contributed by atoms with E-state index in [1.165, 1.54) is 44.9 Å². The van der Waals surface area contributed by atoms with Crippen molar-refractivity contribution in [3.63, 3.8) is 0 Å². The average molecular weight is 282 g/mol. The fourth-order valence-corrected chi connectivity index (χ4v) is 3.00. The molecule has 0 radical (unpaired) electrons. The highest BCUT2D eigenvalue weighted by Gasteiger charge is 2.26. The van der Waals surface area contributed by atoms with Crippen molar-refractivity contribution in [1.29, 1.82) is 0 Å². The topological polar surface area (TPSA) is 41.1 Å². The van der Waals surface area contributed by atoms with Gasteiger partial charge >= 0.3 is 0 Å². The van der Waals surface area contributed by atoms with E-state index in [1.807, 2.05) is 0 Å². The zero-order valence-corrected chi connectivity index (χ0v) is 13.5. The first-order chi connectivity index (χ1) is 9.75. The first kappa shape index (κ1) is 17.5. The number of hydrogen-bond donors (Lipinski definition) is 2. The van der Waals surface area contributed by atoms with E-state index in [-0.39, 0.29) is 11.8 Å². The van der Waals surface area contributed by atoms with Crippen LogP contribution in [0.15, 0.2) is 0 Å². The van der Waals surface area contributed by atoms with Gasteiger partial charge in [0.05, 0.1) is 5.92 Å². The van der Waals surface area contributed by atoms with Gasteiger partial charge < -0.3 is 10.6 Å². The smallest absolute Gasteiger partial charge is 0.224 e. The number of amides is 1. The lowest BCUT2D eigenvalue weighted by molar-refractivity contribution is -0.126. The molecule has 0 aromatic rings. The quantitative estimate of drug-likeness (QED) is 0.601. The van der Waals surface area contributed by atoms with Crippen LogP contribution in [-0.4, -0.2) is 25.0 Å². The van der Waals surface area contributed by atoms with Crippen molar-refractivity contribution in [2.45, 2.75) is 84.1 Å². The van der Waals surface area contributed by atoms with Crippen molar-refractivity contribution in [3.05, 3.63) is 0 Å². The third-order valence-electron chi connectivity index (χ3n) is 4.43. The molecule has 1 fully saturated rings. The van der Waals surface area contributed by atoms with Gasteiger partial charge in [-0.15, -0.1) is 0 Å². The number of piperidine rings is 1. The minimum atomic E-state index is 0.179. The summed E-state index contributed by atoms with van der Waals surface area (Å²) in [5, 5.41) is 6.50. The molecule has 3 heteroatoms. The molecule has 0 bridgehead atoms. The Bertz CT molecular complexity index is 255. The van der Waals surface area contributed by atoms with Crippen LogP contribution < -0.4 is 10.6 Å². The standard InChI is InChI=1S/C17H34N2O/c1-3-4-5-6-7-8-9-10-13-19-17(20)16-12-11-14-18-15(16)2/h15-16,18H,3-14H2,1-2H3,(H,19,20). The van der Waals surface area contributed by atoms with E-state index in [9.17, 15) is 4.79 Å². The van der Waals surface area contributed by atoms with E-state index in [4.69, 9.17) is 0 Å². The van der Waals surface area contributed by atoms with Crippen LogP contribution in [0.5, 0.6) is 0 Å². The fourth-order valence-electron chi connectivity index (χ4n) is 3.00. The first-order valence-corrected chi connectivity index (χ1v) is 8.76. The summed E-state index contributed by atoms with van der Waals surface area (Å²) >= 11 is 0. The van der Waals surface area contributed by atoms with Gasteiger partial charge in [0.1, 0.15) is 0 Å². The summed E-state index contributed by atoms with van der Waals surface area (Å²) in [7, 11) is 0. The van der Waals surface area contributed by atoms with Crippen LogP contribution in [0.3, 0.4) is 0 Å². The highest BCUT2D eigenvalue weighted by atomic mass is 16.1. The third kappa shape index (κ3) is 7.28. The summed E-state index contributed by atoms with van der Waals surface area (Å²) in [5.74, 6) is 0.436. The second-order valence-corrected chi connectivity index (χ2v) is 6.26. The van der Waals surface area contributed by atoms with Gasteiger partial charge in [-0.3, -0.25) is 4.79 Å². The summed E-state index contributed by atoms with van der Waals surface area (Å²) in [4.78, 5) is 12.1. The van der Waals surface area contributed by atoms with Crippen molar-refractivity contribution in [2.75, 3.05) is 13.1 Å². The van der Waals surface area contributed by atoms with Crippen molar-refractivity contribution >= 4 is 5.91 Å². The molecule has 0 saturated carbocycles. The zero-order chi connectivity index (χ0) is 14.6. The van der Waals surface area contributed by atoms with Gasteiger partial charge in [0.25, 0.3) is 0 Å². The van der Waals surface area contributed by atoms with Gasteiger partial charge in [-0.25, -0.2) is 0 Å². The Kier molecular flexibility index (Phi) is 9.73. The molecule has 1 rings (SSSR count). The van der Waals surface area contributed by atoms with Crippen molar-refractivity contribution < 1.29 is 4.79 Å². The van der Waals surface area contributed by atoms with Gasteiger partial charge in [0, 0.05) is 12.6 Å². The van der Waals surface area contributed by atoms with Crippen molar-refractivity contribution in [3.8, 4) is 0 Å². The van der Waals surface area contributed by atoms with E-state index < -0.39 is 0 Å². The average Bonchev–Trinajstić information content (AvgIpc) is 2.46. The number of hydrogen-bond acceptors (Lipinski definition) is 2. The summed E-state index contributed by atoms with van der Waals surface area (Å²) in [6, 6.07) is 0.335. The third-order valence-corrected chi connectivity index (χ3v) is 4.43. The normalized spacial score (nSPS) is 22.7. The number of carbonyl (C=O) groups excluding carboxylic acids is 1. The summed E-state index contributed by atoms with van der Waals surface area (Å²) in [6.45, 7) is 6.30. The molecule has 0 aliphatic carbocycles. The number of carbonyl (C=O) groups is 1. The van der Waals surface area contributed by atoms with E-state index in [1.54, 1.807) is 0 Å². The SMILES string of the molecule is CCCCCCCCCCNC(=O)C1CCCNC1C. The maximum atomic E-state index is 12.1. The molecule has 1 aliphatic rings. The molecule has 20 heavy (non-hydrogen) atoms. The molecular formula is C17H34N2O. The Labute approximate surface area is 125 Å². The summed E-state index contributed by atoms with van der Waals surface area (Å²) < 4.78 is 0. The van der Waals surface area contributed by atoms with Crippen molar-refractivity contribution in [2.24, 2.45) is 5.92 Å². The molecule has 0 aromatic carbocycles. The lowest BCUT2D eigenvalue weighted by Gasteiger charge is -2.28. The van der Waals surface area contributed by atoms with E-state index in [0.717, 1.165) is 32.4 Å². The number of rotatable bonds is 10. The maximum Gasteiger partial charge on any atom is 0.224 e. The molecule has 2 atom stereocenters. The number of nitrogens with one attached hydrogen (secondary N) is 2. The highest BCUT2D eigenvalue weighted by molar-refractivity contribution is 5.79. The molecule has 1 amide bonds. The molecule has 2 unspecified atom stereocenters. The van der Waals surface area contributed by atoms with Crippen molar-refractivity contribution in [1.82, 2.24) is 10.6 Å². The van der Waals surface area contributed by atoms with Gasteiger partial charge in [0.2, 0.25) is 5.91 Å². The van der Waals surface area contributed by atoms with Crippen LogP contribution in [0.4, 0.5) is 0 Å². The zero-order valence-electron chi connectivity index (χ0n) is 13.5. The molecular weight excluding hydrogens is 248 g/mol. The molecule has 118 valence electrons. The first-order valence-electron chi connectivity index (χ1n) is 8.76. The van der Waals surface area contributed by atoms with Gasteiger partial charge in [-0.05, 0) is 32.7 Å². The van der Waals surface area contributed by atoms with E-state index in [2.05, 4.69) is 24.5 Å². The molecule has 1 saturated heterocycles. The Morgan fingerprint density at radius 2 is 1.75 bits per heavy atom. The van der Waals surface area contributed by atoms with Gasteiger partial charge in [0.15, 0.2) is 0 Å². The van der Waals surface area contributed by atoms with Crippen LogP contribution >= 0.6 is 0 Å². The second kappa shape index (κ2) is 11.1. The monoisotopic (exact) mass is 282 g/mol. The van der Waals surface area contributed by atoms with E-state index >= 15 is 0 Å². The Morgan fingerprint density at radius 1 is 1.10 bits per heavy atom. The van der Waals surface area contributed by atoms with Crippen LogP contribution in [-0.2, 0) is 4.79 Å². The Morgan fingerprint density at radius 3 is 2.40 bits per heavy atom. The fraction of sp³-hybridized carbons (Fsp3) is 0.941. The van der Waals surface area contributed by atoms with Crippen LogP contribution in [0.1, 0.15) is 78.1 Å². The van der Waals surface area contributed by atoms with Crippen LogP contribution in [0, 0.1) is 5.92 Å². The molecule has 3 nitrogen and oxygen atoms in total. The summed E-state index contributed by atoms with van der Waals surface area (Å²) in [5.41, 5.74) is 0. The predicted octanol–water partition coefficient (Wildman–Crippen LogP) is 3.63. The predicted molar refractivity (Wildman–Crippen MR) is 85.8 cm³/mol. The molecule has 0 spiro atoms. The second-order valence-electron chi connectivity index (χ2n) is 6.26. The number of unbranched alkanes of at least 4 members (excludes halogenated alkanes) is 7. The lowest BCUT2D eigenvalue weighted by Crippen LogP contribution is -2.46. The minimum absolute atomic E-state index is 0.179. The maximum absolute atomic E-state index is 12.1. The largest absolute Gasteiger partial charge is 0.356 e. The summed E-state index contributed by atoms with van der Waals surface area (Å²) in [6.07, 6.45) is 12.7. The minimum Gasteiger partial charge on any atom is -0.356 e. The Balaban J connectivity index is 1.94. The van der Waals surface area contributed by atoms with Gasteiger partial charge in [-0.2, -0.15) is 0 Å². The molecule has 0 aromatic heterocycles. The lowest BCUT2D eigenvalue weighted by atomic mass is 9.91. The van der Waals surface area contributed by atoms with E-state index in [0.29, 0.717) is 6.04 Å². The Hall–Kier alpha value is -0.570. The molecule has 1 heterocycles. The highest BCUT2D eigenvalue weighted by Crippen LogP contribution is 2.16. The molecule has 2 N–H and O–H groups in total. The van der Waals surface area contributed by atoms with Crippen LogP contribution in [0.25, 0.3) is 0 Å². The van der Waals surface area contributed by atoms with Crippen LogP contribution in [0.2, 0.25) is 0 Å².